The molecule has 1 fully saturated rings. The Balaban J connectivity index is 1.52. The molecule has 0 spiro atoms. The van der Waals surface area contributed by atoms with Crippen molar-refractivity contribution in [3.63, 3.8) is 0 Å². The van der Waals surface area contributed by atoms with E-state index in [2.05, 4.69) is 23.3 Å². The highest BCUT2D eigenvalue weighted by Gasteiger charge is 2.29. The zero-order chi connectivity index (χ0) is 28.7. The van der Waals surface area contributed by atoms with Crippen LogP contribution in [-0.2, 0) is 21.4 Å². The Morgan fingerprint density at radius 3 is 2.48 bits per heavy atom. The van der Waals surface area contributed by atoms with E-state index in [1.165, 1.54) is 19.3 Å². The number of aromatic amines is 1. The number of rotatable bonds is 13. The third-order valence-electron chi connectivity index (χ3n) is 8.00. The monoisotopic (exact) mass is 566 g/mol. The maximum absolute atomic E-state index is 12.4. The molecule has 0 radical (unpaired) electrons. The van der Waals surface area contributed by atoms with Crippen LogP contribution in [0, 0.1) is 0 Å². The number of unbranched alkanes of at least 4 members (excludes halogenated alkanes) is 4. The van der Waals surface area contributed by atoms with Gasteiger partial charge >= 0.3 is 0 Å². The van der Waals surface area contributed by atoms with Gasteiger partial charge in [0.2, 0.25) is 15.9 Å². The van der Waals surface area contributed by atoms with Crippen LogP contribution in [-0.4, -0.2) is 48.4 Å². The molecular formula is C31H42N4O4S. The van der Waals surface area contributed by atoms with Gasteiger partial charge in [0.1, 0.15) is 0 Å². The number of carbonyl (C=O) groups is 2. The number of primary amides is 1. The molecule has 1 aromatic heterocycles. The minimum absolute atomic E-state index is 0.0640. The van der Waals surface area contributed by atoms with Crippen LogP contribution in [0.15, 0.2) is 42.6 Å². The van der Waals surface area contributed by atoms with Crippen LogP contribution in [0.25, 0.3) is 22.0 Å². The smallest absolute Gasteiger partial charge is 0.250 e. The molecule has 3 aromatic rings. The number of piperidine rings is 1. The molecule has 0 aliphatic carbocycles. The van der Waals surface area contributed by atoms with Crippen LogP contribution in [0.1, 0.15) is 92.6 Å². The number of nitrogens with two attached hydrogens (primary N) is 1. The van der Waals surface area contributed by atoms with E-state index in [-0.39, 0.29) is 17.6 Å². The van der Waals surface area contributed by atoms with Crippen molar-refractivity contribution in [1.82, 2.24) is 14.6 Å². The standard InChI is InChI=1S/C31H42N4O4S/c1-3-5-6-7-8-12-29(36)33-20-22-10-9-11-24(17-22)25-18-26-28(21-34-30(26)27(19-25)31(32)37)23-13-15-35(16-14-23)40(38,39)4-2/h9-11,17-19,21,23,34H,3-8,12-16,20H2,1-2H3,(H2,32,37)(H,33,36). The summed E-state index contributed by atoms with van der Waals surface area (Å²) < 4.78 is 26.2. The molecular weight excluding hydrogens is 524 g/mol. The molecule has 2 amide bonds. The molecule has 4 N–H and O–H groups in total. The quantitative estimate of drug-likeness (QED) is 0.238. The van der Waals surface area contributed by atoms with E-state index < -0.39 is 15.9 Å². The lowest BCUT2D eigenvalue weighted by atomic mass is 9.88. The second kappa shape index (κ2) is 13.5. The normalized spacial score (nSPS) is 14.9. The largest absolute Gasteiger partial charge is 0.366 e. The number of nitrogens with zero attached hydrogens (tertiary/aromatic N) is 1. The molecule has 0 bridgehead atoms. The number of nitrogens with one attached hydrogen (secondary N) is 2. The Kier molecular flexibility index (Phi) is 10.0. The van der Waals surface area contributed by atoms with E-state index in [1.54, 1.807) is 11.2 Å². The van der Waals surface area contributed by atoms with Crippen molar-refractivity contribution in [2.75, 3.05) is 18.8 Å². The average Bonchev–Trinajstić information content (AvgIpc) is 3.39. The van der Waals surface area contributed by atoms with Gasteiger partial charge in [0.05, 0.1) is 16.8 Å². The zero-order valence-corrected chi connectivity index (χ0v) is 24.5. The number of fused-ring (bicyclic) bond motifs is 1. The first-order chi connectivity index (χ1) is 19.2. The second-order valence-corrected chi connectivity index (χ2v) is 13.0. The lowest BCUT2D eigenvalue weighted by Gasteiger charge is -2.31. The van der Waals surface area contributed by atoms with Crippen LogP contribution in [0.5, 0.6) is 0 Å². The van der Waals surface area contributed by atoms with Gasteiger partial charge in [-0.15, -0.1) is 0 Å². The number of benzene rings is 2. The van der Waals surface area contributed by atoms with Gasteiger partial charge in [-0.25, -0.2) is 12.7 Å². The lowest BCUT2D eigenvalue weighted by Crippen LogP contribution is -2.38. The van der Waals surface area contributed by atoms with Crippen LogP contribution >= 0.6 is 0 Å². The van der Waals surface area contributed by atoms with Crippen molar-refractivity contribution in [3.05, 3.63) is 59.3 Å². The first-order valence-electron chi connectivity index (χ1n) is 14.5. The predicted octanol–water partition coefficient (Wildman–Crippen LogP) is 5.44. The van der Waals surface area contributed by atoms with Crippen LogP contribution in [0.4, 0.5) is 0 Å². The van der Waals surface area contributed by atoms with Crippen LogP contribution in [0.3, 0.4) is 0 Å². The van der Waals surface area contributed by atoms with E-state index >= 15 is 0 Å². The van der Waals surface area contributed by atoms with Gasteiger partial charge in [0, 0.05) is 37.6 Å². The van der Waals surface area contributed by atoms with Crippen molar-refractivity contribution < 1.29 is 18.0 Å². The van der Waals surface area contributed by atoms with Gasteiger partial charge in [-0.05, 0) is 72.6 Å². The summed E-state index contributed by atoms with van der Waals surface area (Å²) in [5.74, 6) is -0.158. The Morgan fingerprint density at radius 1 is 1.02 bits per heavy atom. The van der Waals surface area contributed by atoms with Crippen molar-refractivity contribution in [1.29, 1.82) is 0 Å². The molecule has 4 rings (SSSR count). The van der Waals surface area contributed by atoms with Crippen LogP contribution < -0.4 is 11.1 Å². The molecule has 2 heterocycles. The van der Waals surface area contributed by atoms with Gasteiger partial charge in [-0.1, -0.05) is 50.8 Å². The SMILES string of the molecule is CCCCCCCC(=O)NCc1cccc(-c2cc(C(N)=O)c3[nH]cc(C4CCN(S(=O)(=O)CC)CC4)c3c2)c1. The summed E-state index contributed by atoms with van der Waals surface area (Å²) in [6, 6.07) is 11.9. The summed E-state index contributed by atoms with van der Waals surface area (Å²) >= 11 is 0. The molecule has 0 atom stereocenters. The molecule has 8 nitrogen and oxygen atoms in total. The number of carbonyl (C=O) groups excluding carboxylic acids is 2. The molecule has 2 aromatic carbocycles. The first-order valence-corrected chi connectivity index (χ1v) is 16.1. The summed E-state index contributed by atoms with van der Waals surface area (Å²) in [5, 5.41) is 3.96. The number of hydrogen-bond donors (Lipinski definition) is 3. The Labute approximate surface area is 237 Å². The van der Waals surface area contributed by atoms with Gasteiger partial charge in [0.15, 0.2) is 0 Å². The molecule has 9 heteroatoms. The fourth-order valence-corrected chi connectivity index (χ4v) is 6.75. The fourth-order valence-electron chi connectivity index (χ4n) is 5.62. The predicted molar refractivity (Wildman–Crippen MR) is 160 cm³/mol. The maximum Gasteiger partial charge on any atom is 0.250 e. The van der Waals surface area contributed by atoms with E-state index in [4.69, 9.17) is 5.73 Å². The topological polar surface area (TPSA) is 125 Å². The van der Waals surface area contributed by atoms with Gasteiger partial charge in [0.25, 0.3) is 5.91 Å². The third-order valence-corrected chi connectivity index (χ3v) is 9.88. The number of hydrogen-bond acceptors (Lipinski definition) is 4. The number of sulfonamides is 1. The van der Waals surface area contributed by atoms with Crippen molar-refractivity contribution in [2.45, 2.75) is 77.7 Å². The minimum atomic E-state index is -3.20. The van der Waals surface area contributed by atoms with Gasteiger partial charge in [-0.2, -0.15) is 0 Å². The van der Waals surface area contributed by atoms with Crippen molar-refractivity contribution in [2.24, 2.45) is 5.73 Å². The summed E-state index contributed by atoms with van der Waals surface area (Å²) in [4.78, 5) is 28.0. The summed E-state index contributed by atoms with van der Waals surface area (Å²) in [5.41, 5.74) is 10.8. The van der Waals surface area contributed by atoms with E-state index in [0.717, 1.165) is 53.3 Å². The maximum atomic E-state index is 12.4. The van der Waals surface area contributed by atoms with Crippen molar-refractivity contribution >= 4 is 32.7 Å². The number of H-pyrrole nitrogens is 1. The number of amides is 2. The molecule has 0 saturated carbocycles. The highest BCUT2D eigenvalue weighted by molar-refractivity contribution is 7.89. The molecule has 216 valence electrons. The van der Waals surface area contributed by atoms with Crippen LogP contribution in [0.2, 0.25) is 0 Å². The molecule has 1 aliphatic heterocycles. The summed E-state index contributed by atoms with van der Waals surface area (Å²) in [7, 11) is -3.20. The van der Waals surface area contributed by atoms with E-state index in [9.17, 15) is 18.0 Å². The summed E-state index contributed by atoms with van der Waals surface area (Å²) in [6.07, 6.45) is 9.48. The Bertz CT molecular complexity index is 1440. The average molecular weight is 567 g/mol. The first kappa shape index (κ1) is 29.8. The molecule has 0 unspecified atom stereocenters. The molecule has 1 saturated heterocycles. The highest BCUT2D eigenvalue weighted by atomic mass is 32.2. The summed E-state index contributed by atoms with van der Waals surface area (Å²) in [6.45, 7) is 5.27. The lowest BCUT2D eigenvalue weighted by molar-refractivity contribution is -0.121. The van der Waals surface area contributed by atoms with E-state index in [1.807, 2.05) is 36.5 Å². The van der Waals surface area contributed by atoms with Gasteiger partial charge < -0.3 is 16.0 Å². The van der Waals surface area contributed by atoms with Crippen molar-refractivity contribution in [3.8, 4) is 11.1 Å². The second-order valence-electron chi connectivity index (χ2n) is 10.8. The minimum Gasteiger partial charge on any atom is -0.366 e. The Morgan fingerprint density at radius 2 is 1.77 bits per heavy atom. The zero-order valence-electron chi connectivity index (χ0n) is 23.7. The molecule has 40 heavy (non-hydrogen) atoms. The Hall–Kier alpha value is -3.17. The molecule has 1 aliphatic rings. The van der Waals surface area contributed by atoms with E-state index in [0.29, 0.717) is 37.1 Å². The number of aromatic nitrogens is 1. The fraction of sp³-hybridized carbons (Fsp3) is 0.484. The highest BCUT2D eigenvalue weighted by Crippen LogP contribution is 2.37. The third kappa shape index (κ3) is 7.12. The van der Waals surface area contributed by atoms with Gasteiger partial charge in [-0.3, -0.25) is 9.59 Å².